The molecule has 0 bridgehead atoms. The molecular formula is C15H23ClN2O3. The maximum atomic E-state index is 12.6. The lowest BCUT2D eigenvalue weighted by molar-refractivity contribution is 0.0550. The SMILES string of the molecule is CCOCCN(CCOCC)C(=O)c1ccc(N)cc1Cl. The molecule has 1 rings (SSSR count). The summed E-state index contributed by atoms with van der Waals surface area (Å²) in [5.74, 6) is -0.139. The van der Waals surface area contributed by atoms with Crippen molar-refractivity contribution in [3.8, 4) is 0 Å². The predicted octanol–water partition coefficient (Wildman–Crippen LogP) is 2.44. The number of benzene rings is 1. The van der Waals surface area contributed by atoms with Gasteiger partial charge in [0, 0.05) is 32.0 Å². The molecule has 1 amide bonds. The summed E-state index contributed by atoms with van der Waals surface area (Å²) in [4.78, 5) is 14.2. The number of carbonyl (C=O) groups is 1. The molecule has 0 atom stereocenters. The third kappa shape index (κ3) is 5.91. The van der Waals surface area contributed by atoms with Crippen molar-refractivity contribution in [3.05, 3.63) is 28.8 Å². The van der Waals surface area contributed by atoms with Crippen LogP contribution in [0.2, 0.25) is 5.02 Å². The first-order chi connectivity index (χ1) is 10.1. The third-order valence-corrected chi connectivity index (χ3v) is 3.24. The molecule has 1 aromatic rings. The van der Waals surface area contributed by atoms with Crippen molar-refractivity contribution in [3.63, 3.8) is 0 Å². The van der Waals surface area contributed by atoms with Gasteiger partial charge < -0.3 is 20.1 Å². The minimum atomic E-state index is -0.139. The van der Waals surface area contributed by atoms with Crippen LogP contribution in [0.4, 0.5) is 5.69 Å². The van der Waals surface area contributed by atoms with E-state index in [1.807, 2.05) is 13.8 Å². The zero-order valence-electron chi connectivity index (χ0n) is 12.6. The van der Waals surface area contributed by atoms with E-state index in [0.29, 0.717) is 55.8 Å². The summed E-state index contributed by atoms with van der Waals surface area (Å²) in [6, 6.07) is 4.90. The van der Waals surface area contributed by atoms with Crippen LogP contribution in [-0.2, 0) is 9.47 Å². The van der Waals surface area contributed by atoms with E-state index in [2.05, 4.69) is 0 Å². The molecule has 0 heterocycles. The number of nitrogens with two attached hydrogens (primary N) is 1. The molecule has 0 spiro atoms. The Morgan fingerprint density at radius 3 is 2.24 bits per heavy atom. The number of carbonyl (C=O) groups excluding carboxylic acids is 1. The number of hydrogen-bond donors (Lipinski definition) is 1. The number of hydrogen-bond acceptors (Lipinski definition) is 4. The molecule has 0 aliphatic rings. The quantitative estimate of drug-likeness (QED) is 0.561. The van der Waals surface area contributed by atoms with E-state index >= 15 is 0 Å². The lowest BCUT2D eigenvalue weighted by atomic mass is 10.1. The van der Waals surface area contributed by atoms with Gasteiger partial charge in [-0.15, -0.1) is 0 Å². The van der Waals surface area contributed by atoms with Gasteiger partial charge in [0.1, 0.15) is 0 Å². The first kappa shape index (κ1) is 17.8. The van der Waals surface area contributed by atoms with Crippen molar-refractivity contribution >= 4 is 23.2 Å². The Kier molecular flexibility index (Phi) is 8.12. The summed E-state index contributed by atoms with van der Waals surface area (Å²) >= 11 is 6.10. The third-order valence-electron chi connectivity index (χ3n) is 2.93. The molecule has 6 heteroatoms. The van der Waals surface area contributed by atoms with Gasteiger partial charge in [-0.2, -0.15) is 0 Å². The summed E-state index contributed by atoms with van der Waals surface area (Å²) < 4.78 is 10.6. The van der Waals surface area contributed by atoms with Gasteiger partial charge in [0.05, 0.1) is 23.8 Å². The van der Waals surface area contributed by atoms with Crippen LogP contribution in [0.1, 0.15) is 24.2 Å². The smallest absolute Gasteiger partial charge is 0.255 e. The summed E-state index contributed by atoms with van der Waals surface area (Å²) in [5, 5.41) is 0.359. The van der Waals surface area contributed by atoms with Crippen LogP contribution in [-0.4, -0.2) is 50.3 Å². The second-order valence-electron chi connectivity index (χ2n) is 4.43. The minimum Gasteiger partial charge on any atom is -0.399 e. The highest BCUT2D eigenvalue weighted by molar-refractivity contribution is 6.34. The van der Waals surface area contributed by atoms with Crippen LogP contribution >= 0.6 is 11.6 Å². The number of amides is 1. The van der Waals surface area contributed by atoms with Gasteiger partial charge >= 0.3 is 0 Å². The molecule has 2 N–H and O–H groups in total. The fourth-order valence-corrected chi connectivity index (χ4v) is 2.10. The van der Waals surface area contributed by atoms with E-state index < -0.39 is 0 Å². The van der Waals surface area contributed by atoms with E-state index in [1.54, 1.807) is 23.1 Å². The lowest BCUT2D eigenvalue weighted by Gasteiger charge is -2.23. The predicted molar refractivity (Wildman–Crippen MR) is 84.8 cm³/mol. The van der Waals surface area contributed by atoms with E-state index in [9.17, 15) is 4.79 Å². The molecule has 118 valence electrons. The zero-order chi connectivity index (χ0) is 15.7. The Morgan fingerprint density at radius 1 is 1.19 bits per heavy atom. The molecule has 0 aromatic heterocycles. The molecule has 0 aliphatic heterocycles. The van der Waals surface area contributed by atoms with Crippen molar-refractivity contribution in [2.75, 3.05) is 45.3 Å². The topological polar surface area (TPSA) is 64.8 Å². The van der Waals surface area contributed by atoms with Gasteiger partial charge in [0.15, 0.2) is 0 Å². The van der Waals surface area contributed by atoms with Crippen molar-refractivity contribution in [2.45, 2.75) is 13.8 Å². The first-order valence-electron chi connectivity index (χ1n) is 7.09. The zero-order valence-corrected chi connectivity index (χ0v) is 13.4. The fourth-order valence-electron chi connectivity index (χ4n) is 1.83. The van der Waals surface area contributed by atoms with Crippen LogP contribution < -0.4 is 5.73 Å². The van der Waals surface area contributed by atoms with E-state index in [4.69, 9.17) is 26.8 Å². The molecule has 0 unspecified atom stereocenters. The highest BCUT2D eigenvalue weighted by Gasteiger charge is 2.18. The Bertz CT molecular complexity index is 445. The average molecular weight is 315 g/mol. The normalized spacial score (nSPS) is 10.6. The Balaban J connectivity index is 2.76. The van der Waals surface area contributed by atoms with Crippen molar-refractivity contribution in [1.82, 2.24) is 4.90 Å². The highest BCUT2D eigenvalue weighted by atomic mass is 35.5. The number of nitrogens with zero attached hydrogens (tertiary/aromatic N) is 1. The minimum absolute atomic E-state index is 0.139. The Hall–Kier alpha value is -1.30. The molecule has 21 heavy (non-hydrogen) atoms. The van der Waals surface area contributed by atoms with Gasteiger partial charge in [0.25, 0.3) is 5.91 Å². The monoisotopic (exact) mass is 314 g/mol. The molecule has 0 aliphatic carbocycles. The lowest BCUT2D eigenvalue weighted by Crippen LogP contribution is -2.37. The number of ether oxygens (including phenoxy) is 2. The molecule has 0 saturated heterocycles. The standard InChI is InChI=1S/C15H23ClN2O3/c1-3-20-9-7-18(8-10-21-4-2)15(19)13-6-5-12(17)11-14(13)16/h5-6,11H,3-4,7-10,17H2,1-2H3. The molecule has 1 aromatic carbocycles. The van der Waals surface area contributed by atoms with E-state index in [1.165, 1.54) is 0 Å². The molecular weight excluding hydrogens is 292 g/mol. The van der Waals surface area contributed by atoms with Gasteiger partial charge in [0.2, 0.25) is 0 Å². The van der Waals surface area contributed by atoms with Gasteiger partial charge in [-0.3, -0.25) is 4.79 Å². The maximum absolute atomic E-state index is 12.6. The first-order valence-corrected chi connectivity index (χ1v) is 7.47. The Labute approximate surface area is 131 Å². The fraction of sp³-hybridized carbons (Fsp3) is 0.533. The van der Waals surface area contributed by atoms with Gasteiger partial charge in [-0.1, -0.05) is 11.6 Å². The van der Waals surface area contributed by atoms with Crippen molar-refractivity contribution < 1.29 is 14.3 Å². The van der Waals surface area contributed by atoms with Crippen LogP contribution in [0.25, 0.3) is 0 Å². The summed E-state index contributed by atoms with van der Waals surface area (Å²) in [5.41, 5.74) is 6.63. The number of rotatable bonds is 9. The molecule has 0 radical (unpaired) electrons. The Morgan fingerprint density at radius 2 is 1.76 bits per heavy atom. The van der Waals surface area contributed by atoms with Crippen LogP contribution in [0.15, 0.2) is 18.2 Å². The summed E-state index contributed by atoms with van der Waals surface area (Å²) in [6.07, 6.45) is 0. The van der Waals surface area contributed by atoms with Crippen molar-refractivity contribution in [1.29, 1.82) is 0 Å². The van der Waals surface area contributed by atoms with E-state index in [-0.39, 0.29) is 5.91 Å². The maximum Gasteiger partial charge on any atom is 0.255 e. The summed E-state index contributed by atoms with van der Waals surface area (Å²) in [6.45, 7) is 7.06. The summed E-state index contributed by atoms with van der Waals surface area (Å²) in [7, 11) is 0. The van der Waals surface area contributed by atoms with Crippen LogP contribution in [0.3, 0.4) is 0 Å². The van der Waals surface area contributed by atoms with Crippen LogP contribution in [0.5, 0.6) is 0 Å². The number of anilines is 1. The van der Waals surface area contributed by atoms with Gasteiger partial charge in [-0.05, 0) is 32.0 Å². The molecule has 5 nitrogen and oxygen atoms in total. The van der Waals surface area contributed by atoms with Gasteiger partial charge in [-0.25, -0.2) is 0 Å². The van der Waals surface area contributed by atoms with Crippen molar-refractivity contribution in [2.24, 2.45) is 0 Å². The second-order valence-corrected chi connectivity index (χ2v) is 4.83. The number of nitrogen functional groups attached to an aromatic ring is 1. The van der Waals surface area contributed by atoms with Crippen LogP contribution in [0, 0.1) is 0 Å². The number of halogens is 1. The highest BCUT2D eigenvalue weighted by Crippen LogP contribution is 2.20. The average Bonchev–Trinajstić information content (AvgIpc) is 2.45. The molecule has 0 saturated carbocycles. The second kappa shape index (κ2) is 9.60. The largest absolute Gasteiger partial charge is 0.399 e. The molecule has 0 fully saturated rings. The van der Waals surface area contributed by atoms with E-state index in [0.717, 1.165) is 0 Å².